The topological polar surface area (TPSA) is 52.3 Å². The fourth-order valence-electron chi connectivity index (χ4n) is 1.37. The smallest absolute Gasteiger partial charge is 0.360 e. The van der Waals surface area contributed by atoms with Crippen LogP contribution in [0.25, 0.3) is 11.5 Å². The number of esters is 1. The first-order valence-electron chi connectivity index (χ1n) is 5.20. The van der Waals surface area contributed by atoms with Crippen molar-refractivity contribution in [2.24, 2.45) is 0 Å². The first-order valence-corrected chi connectivity index (χ1v) is 5.96. The summed E-state index contributed by atoms with van der Waals surface area (Å²) in [5.41, 5.74) is 0.627. The van der Waals surface area contributed by atoms with Crippen LogP contribution in [0.2, 0.25) is 10.0 Å². The molecule has 1 heterocycles. The van der Waals surface area contributed by atoms with Gasteiger partial charge in [0, 0.05) is 0 Å². The molecule has 0 bridgehead atoms. The van der Waals surface area contributed by atoms with Crippen LogP contribution in [0.4, 0.5) is 0 Å². The highest BCUT2D eigenvalue weighted by molar-refractivity contribution is 6.43. The Hall–Kier alpha value is -1.52. The average Bonchev–Trinajstić information content (AvgIpc) is 2.82. The van der Waals surface area contributed by atoms with E-state index < -0.39 is 5.97 Å². The summed E-state index contributed by atoms with van der Waals surface area (Å²) in [5.74, 6) is -0.309. The van der Waals surface area contributed by atoms with Crippen molar-refractivity contribution in [2.75, 3.05) is 6.61 Å². The van der Waals surface area contributed by atoms with E-state index in [9.17, 15) is 4.79 Å². The normalized spacial score (nSPS) is 10.4. The summed E-state index contributed by atoms with van der Waals surface area (Å²) >= 11 is 11.9. The minimum atomic E-state index is -0.536. The minimum Gasteiger partial charge on any atom is -0.461 e. The molecule has 6 heteroatoms. The van der Waals surface area contributed by atoms with Crippen molar-refractivity contribution in [3.63, 3.8) is 0 Å². The molecule has 0 radical (unpaired) electrons. The molecule has 0 N–H and O–H groups in total. The highest BCUT2D eigenvalue weighted by Gasteiger charge is 2.16. The third-order valence-electron chi connectivity index (χ3n) is 2.17. The molecule has 0 spiro atoms. The molecule has 18 heavy (non-hydrogen) atoms. The number of oxazole rings is 1. The Morgan fingerprint density at radius 2 is 2.22 bits per heavy atom. The Morgan fingerprint density at radius 3 is 2.94 bits per heavy atom. The van der Waals surface area contributed by atoms with E-state index in [2.05, 4.69) is 4.98 Å². The summed E-state index contributed by atoms with van der Waals surface area (Å²) in [4.78, 5) is 15.5. The number of aromatic nitrogens is 1. The molecule has 0 atom stereocenters. The van der Waals surface area contributed by atoms with E-state index in [4.69, 9.17) is 32.4 Å². The summed E-state index contributed by atoms with van der Waals surface area (Å²) in [6.45, 7) is 1.99. The quantitative estimate of drug-likeness (QED) is 0.805. The highest BCUT2D eigenvalue weighted by atomic mass is 35.5. The maximum Gasteiger partial charge on any atom is 0.360 e. The summed E-state index contributed by atoms with van der Waals surface area (Å²) < 4.78 is 10.0. The first-order chi connectivity index (χ1) is 8.63. The van der Waals surface area contributed by atoms with E-state index >= 15 is 0 Å². The number of halogens is 2. The maximum absolute atomic E-state index is 11.4. The predicted octanol–water partition coefficient (Wildman–Crippen LogP) is 3.83. The van der Waals surface area contributed by atoms with Crippen LogP contribution in [0, 0.1) is 0 Å². The summed E-state index contributed by atoms with van der Waals surface area (Å²) in [5, 5.41) is 0.724. The number of hydrogen-bond acceptors (Lipinski definition) is 4. The summed E-state index contributed by atoms with van der Waals surface area (Å²) in [6, 6.07) is 5.08. The number of rotatable bonds is 3. The third-order valence-corrected chi connectivity index (χ3v) is 2.99. The Balaban J connectivity index is 2.35. The van der Waals surface area contributed by atoms with E-state index in [1.807, 2.05) is 0 Å². The Labute approximate surface area is 113 Å². The number of benzene rings is 1. The lowest BCUT2D eigenvalue weighted by Crippen LogP contribution is -2.04. The molecule has 0 amide bonds. The summed E-state index contributed by atoms with van der Waals surface area (Å²) in [7, 11) is 0. The zero-order chi connectivity index (χ0) is 13.1. The molecular formula is C12H9Cl2NO3. The zero-order valence-electron chi connectivity index (χ0n) is 9.44. The molecular weight excluding hydrogens is 277 g/mol. The van der Waals surface area contributed by atoms with Crippen LogP contribution in [0.15, 0.2) is 28.9 Å². The van der Waals surface area contributed by atoms with Crippen molar-refractivity contribution in [1.82, 2.24) is 4.98 Å². The molecule has 0 aliphatic carbocycles. The standard InChI is InChI=1S/C12H9Cl2NO3/c1-2-17-12(16)9-6-18-11(15-9)7-4-3-5-8(13)10(7)14/h3-6H,2H2,1H3. The molecule has 2 rings (SSSR count). The molecule has 4 nitrogen and oxygen atoms in total. The van der Waals surface area contributed by atoms with E-state index in [0.29, 0.717) is 15.6 Å². The van der Waals surface area contributed by atoms with Crippen molar-refractivity contribution >= 4 is 29.2 Å². The van der Waals surface area contributed by atoms with Gasteiger partial charge in [-0.3, -0.25) is 0 Å². The van der Waals surface area contributed by atoms with Crippen LogP contribution >= 0.6 is 23.2 Å². The SMILES string of the molecule is CCOC(=O)c1coc(-c2cccc(Cl)c2Cl)n1. The summed E-state index contributed by atoms with van der Waals surface area (Å²) in [6.07, 6.45) is 1.23. The lowest BCUT2D eigenvalue weighted by molar-refractivity contribution is 0.0519. The average molecular weight is 286 g/mol. The zero-order valence-corrected chi connectivity index (χ0v) is 11.0. The molecule has 0 aliphatic rings. The van der Waals surface area contributed by atoms with Crippen molar-refractivity contribution in [3.8, 4) is 11.5 Å². The van der Waals surface area contributed by atoms with Gasteiger partial charge < -0.3 is 9.15 Å². The van der Waals surface area contributed by atoms with Gasteiger partial charge in [-0.05, 0) is 19.1 Å². The van der Waals surface area contributed by atoms with E-state index in [1.54, 1.807) is 25.1 Å². The Morgan fingerprint density at radius 1 is 1.44 bits per heavy atom. The minimum absolute atomic E-state index is 0.0999. The number of nitrogens with zero attached hydrogens (tertiary/aromatic N) is 1. The van der Waals surface area contributed by atoms with Crippen molar-refractivity contribution in [2.45, 2.75) is 6.92 Å². The lowest BCUT2D eigenvalue weighted by Gasteiger charge is -2.00. The van der Waals surface area contributed by atoms with Crippen LogP contribution in [-0.2, 0) is 4.74 Å². The maximum atomic E-state index is 11.4. The highest BCUT2D eigenvalue weighted by Crippen LogP contribution is 2.32. The second-order valence-electron chi connectivity index (χ2n) is 3.36. The number of carbonyl (C=O) groups excluding carboxylic acids is 1. The second kappa shape index (κ2) is 5.42. The Kier molecular flexibility index (Phi) is 3.89. The predicted molar refractivity (Wildman–Crippen MR) is 67.9 cm³/mol. The van der Waals surface area contributed by atoms with Gasteiger partial charge in [-0.2, -0.15) is 0 Å². The van der Waals surface area contributed by atoms with Gasteiger partial charge in [0.05, 0.1) is 22.2 Å². The lowest BCUT2D eigenvalue weighted by atomic mass is 10.2. The van der Waals surface area contributed by atoms with Gasteiger partial charge in [-0.25, -0.2) is 9.78 Å². The molecule has 1 aromatic carbocycles. The molecule has 1 aromatic heterocycles. The number of carbonyl (C=O) groups is 1. The number of ether oxygens (including phenoxy) is 1. The van der Waals surface area contributed by atoms with Crippen LogP contribution < -0.4 is 0 Å². The van der Waals surface area contributed by atoms with Gasteiger partial charge in [0.2, 0.25) is 5.89 Å². The van der Waals surface area contributed by atoms with Gasteiger partial charge in [-0.15, -0.1) is 0 Å². The van der Waals surface area contributed by atoms with Gasteiger partial charge >= 0.3 is 5.97 Å². The fourth-order valence-corrected chi connectivity index (χ4v) is 1.75. The molecule has 2 aromatic rings. The molecule has 0 fully saturated rings. The van der Waals surface area contributed by atoms with E-state index in [-0.39, 0.29) is 18.2 Å². The van der Waals surface area contributed by atoms with Crippen molar-refractivity contribution in [1.29, 1.82) is 0 Å². The van der Waals surface area contributed by atoms with Crippen LogP contribution in [-0.4, -0.2) is 17.6 Å². The van der Waals surface area contributed by atoms with Crippen LogP contribution in [0.1, 0.15) is 17.4 Å². The molecule has 0 aliphatic heterocycles. The Bertz CT molecular complexity index is 580. The van der Waals surface area contributed by atoms with Crippen molar-refractivity contribution in [3.05, 3.63) is 40.2 Å². The van der Waals surface area contributed by atoms with Gasteiger partial charge in [0.25, 0.3) is 0 Å². The monoisotopic (exact) mass is 285 g/mol. The van der Waals surface area contributed by atoms with Crippen LogP contribution in [0.5, 0.6) is 0 Å². The second-order valence-corrected chi connectivity index (χ2v) is 4.14. The van der Waals surface area contributed by atoms with Gasteiger partial charge in [-0.1, -0.05) is 29.3 Å². The largest absolute Gasteiger partial charge is 0.461 e. The van der Waals surface area contributed by atoms with E-state index in [0.717, 1.165) is 0 Å². The molecule has 0 saturated carbocycles. The third kappa shape index (κ3) is 2.49. The number of hydrogen-bond donors (Lipinski definition) is 0. The van der Waals surface area contributed by atoms with E-state index in [1.165, 1.54) is 6.26 Å². The van der Waals surface area contributed by atoms with Crippen molar-refractivity contribution < 1.29 is 13.9 Å². The molecule has 0 saturated heterocycles. The van der Waals surface area contributed by atoms with Crippen LogP contribution in [0.3, 0.4) is 0 Å². The first kappa shape index (κ1) is 12.9. The molecule has 0 unspecified atom stereocenters. The van der Waals surface area contributed by atoms with Gasteiger partial charge in [0.1, 0.15) is 6.26 Å². The van der Waals surface area contributed by atoms with Gasteiger partial charge in [0.15, 0.2) is 5.69 Å². The fraction of sp³-hybridized carbons (Fsp3) is 0.167. The molecule has 94 valence electrons.